The Labute approximate surface area is 127 Å². The van der Waals surface area contributed by atoms with Gasteiger partial charge in [-0.2, -0.15) is 0 Å². The van der Waals surface area contributed by atoms with Gasteiger partial charge in [-0.05, 0) is 66.0 Å². The van der Waals surface area contributed by atoms with E-state index in [0.29, 0.717) is 4.47 Å². The molecule has 0 amide bonds. The lowest BCUT2D eigenvalue weighted by atomic mass is 10.0. The second-order valence-corrected chi connectivity index (χ2v) is 5.80. The van der Waals surface area contributed by atoms with Crippen molar-refractivity contribution >= 4 is 15.9 Å². The predicted molar refractivity (Wildman–Crippen MR) is 82.3 cm³/mol. The molecule has 2 aromatic rings. The molecule has 0 saturated carbocycles. The van der Waals surface area contributed by atoms with Crippen LogP contribution in [0.4, 0.5) is 4.39 Å². The molecule has 0 aliphatic carbocycles. The highest BCUT2D eigenvalue weighted by Gasteiger charge is 2.14. The largest absolute Gasteiger partial charge is 0.469 e. The number of furan rings is 1. The first-order valence-corrected chi connectivity index (χ1v) is 7.61. The van der Waals surface area contributed by atoms with Crippen LogP contribution in [0.2, 0.25) is 0 Å². The molecule has 0 fully saturated rings. The van der Waals surface area contributed by atoms with Crippen molar-refractivity contribution < 1.29 is 8.81 Å². The van der Waals surface area contributed by atoms with Gasteiger partial charge in [-0.25, -0.2) is 4.39 Å². The lowest BCUT2D eigenvalue weighted by Crippen LogP contribution is -2.23. The number of aryl methyl sites for hydroxylation is 1. The van der Waals surface area contributed by atoms with E-state index in [1.165, 1.54) is 6.07 Å². The van der Waals surface area contributed by atoms with Gasteiger partial charge in [0.25, 0.3) is 0 Å². The lowest BCUT2D eigenvalue weighted by Gasteiger charge is -2.17. The van der Waals surface area contributed by atoms with Gasteiger partial charge in [0, 0.05) is 11.6 Å². The molecule has 0 radical (unpaired) electrons. The number of nitrogens with one attached hydrogen (secondary N) is 1. The molecule has 1 heterocycles. The molecule has 0 aliphatic heterocycles. The molecule has 0 aliphatic rings. The molecule has 0 spiro atoms. The smallest absolute Gasteiger partial charge is 0.137 e. The molecular formula is C16H19BrFNO. The third-order valence-electron chi connectivity index (χ3n) is 3.22. The first kappa shape index (κ1) is 15.3. The van der Waals surface area contributed by atoms with Crippen molar-refractivity contribution in [1.82, 2.24) is 5.32 Å². The van der Waals surface area contributed by atoms with E-state index in [-0.39, 0.29) is 11.9 Å². The molecule has 0 saturated heterocycles. The number of benzene rings is 1. The van der Waals surface area contributed by atoms with Gasteiger partial charge < -0.3 is 9.73 Å². The van der Waals surface area contributed by atoms with Gasteiger partial charge in [0.05, 0.1) is 10.7 Å². The molecule has 4 heteroatoms. The summed E-state index contributed by atoms with van der Waals surface area (Å²) in [4.78, 5) is 0. The van der Waals surface area contributed by atoms with E-state index in [4.69, 9.17) is 4.42 Å². The highest BCUT2D eigenvalue weighted by Crippen LogP contribution is 2.24. The van der Waals surface area contributed by atoms with Gasteiger partial charge >= 0.3 is 0 Å². The second kappa shape index (κ2) is 7.04. The van der Waals surface area contributed by atoms with Crippen molar-refractivity contribution in [2.75, 3.05) is 6.54 Å². The quantitative estimate of drug-likeness (QED) is 0.819. The molecule has 1 atom stereocenters. The normalized spacial score (nSPS) is 12.6. The van der Waals surface area contributed by atoms with E-state index in [1.54, 1.807) is 6.26 Å². The first-order chi connectivity index (χ1) is 9.60. The molecule has 1 aromatic carbocycles. The summed E-state index contributed by atoms with van der Waals surface area (Å²) in [5.41, 5.74) is 2.22. The Morgan fingerprint density at radius 1 is 1.35 bits per heavy atom. The van der Waals surface area contributed by atoms with Crippen LogP contribution < -0.4 is 5.32 Å². The minimum absolute atomic E-state index is 0.185. The maximum Gasteiger partial charge on any atom is 0.137 e. The van der Waals surface area contributed by atoms with Gasteiger partial charge in [-0.1, -0.05) is 13.0 Å². The van der Waals surface area contributed by atoms with E-state index in [1.807, 2.05) is 25.1 Å². The van der Waals surface area contributed by atoms with Crippen molar-refractivity contribution in [1.29, 1.82) is 0 Å². The summed E-state index contributed by atoms with van der Waals surface area (Å²) in [7, 11) is 0. The van der Waals surface area contributed by atoms with Crippen LogP contribution in [0.5, 0.6) is 0 Å². The molecular weight excluding hydrogens is 321 g/mol. The lowest BCUT2D eigenvalue weighted by molar-refractivity contribution is 0.503. The van der Waals surface area contributed by atoms with E-state index >= 15 is 0 Å². The zero-order valence-electron chi connectivity index (χ0n) is 11.7. The van der Waals surface area contributed by atoms with Crippen LogP contribution in [-0.2, 0) is 6.42 Å². The number of rotatable bonds is 6. The van der Waals surface area contributed by atoms with E-state index < -0.39 is 0 Å². The van der Waals surface area contributed by atoms with E-state index in [9.17, 15) is 4.39 Å². The van der Waals surface area contributed by atoms with Crippen LogP contribution in [0.1, 0.15) is 36.3 Å². The van der Waals surface area contributed by atoms with E-state index in [0.717, 1.165) is 36.3 Å². The van der Waals surface area contributed by atoms with E-state index in [2.05, 4.69) is 28.2 Å². The van der Waals surface area contributed by atoms with Gasteiger partial charge in [-0.3, -0.25) is 0 Å². The molecule has 2 rings (SSSR count). The third kappa shape index (κ3) is 3.93. The fraction of sp³-hybridized carbons (Fsp3) is 0.375. The van der Waals surface area contributed by atoms with Crippen LogP contribution in [-0.4, -0.2) is 6.54 Å². The summed E-state index contributed by atoms with van der Waals surface area (Å²) in [6.07, 6.45) is 3.67. The highest BCUT2D eigenvalue weighted by molar-refractivity contribution is 9.10. The Hall–Kier alpha value is -1.13. The van der Waals surface area contributed by atoms with Crippen molar-refractivity contribution in [3.8, 4) is 0 Å². The average molecular weight is 340 g/mol. The number of hydrogen-bond acceptors (Lipinski definition) is 2. The minimum Gasteiger partial charge on any atom is -0.469 e. The summed E-state index contributed by atoms with van der Waals surface area (Å²) >= 11 is 3.24. The summed E-state index contributed by atoms with van der Waals surface area (Å²) in [5.74, 6) is 0.676. The minimum atomic E-state index is -0.231. The van der Waals surface area contributed by atoms with Crippen molar-refractivity contribution in [3.63, 3.8) is 0 Å². The standard InChI is InChI=1S/C16H19BrFNO/c1-3-6-19-16(13-7-11(2)20-10-13)9-12-4-5-15(18)14(17)8-12/h4-5,7-8,10,16,19H,3,6,9H2,1-2H3. The van der Waals surface area contributed by atoms with Crippen LogP contribution in [0.3, 0.4) is 0 Å². The molecule has 20 heavy (non-hydrogen) atoms. The maximum absolute atomic E-state index is 13.3. The van der Waals surface area contributed by atoms with Crippen molar-refractivity contribution in [2.45, 2.75) is 32.7 Å². The predicted octanol–water partition coefficient (Wildman–Crippen LogP) is 4.77. The van der Waals surface area contributed by atoms with Gasteiger partial charge in [0.15, 0.2) is 0 Å². The Bertz CT molecular complexity index is 567. The molecule has 0 bridgehead atoms. The highest BCUT2D eigenvalue weighted by atomic mass is 79.9. The molecule has 1 unspecified atom stereocenters. The van der Waals surface area contributed by atoms with Crippen LogP contribution in [0.15, 0.2) is 39.4 Å². The Balaban J connectivity index is 2.16. The first-order valence-electron chi connectivity index (χ1n) is 6.82. The fourth-order valence-corrected chi connectivity index (χ4v) is 2.60. The summed E-state index contributed by atoms with van der Waals surface area (Å²) in [6, 6.07) is 7.39. The summed E-state index contributed by atoms with van der Waals surface area (Å²) < 4.78 is 19.2. The maximum atomic E-state index is 13.3. The van der Waals surface area contributed by atoms with Crippen LogP contribution in [0, 0.1) is 12.7 Å². The Morgan fingerprint density at radius 2 is 2.15 bits per heavy atom. The SMILES string of the molecule is CCCNC(Cc1ccc(F)c(Br)c1)c1coc(C)c1. The van der Waals surface area contributed by atoms with Gasteiger partial charge in [0.2, 0.25) is 0 Å². The fourth-order valence-electron chi connectivity index (χ4n) is 2.18. The topological polar surface area (TPSA) is 25.2 Å². The van der Waals surface area contributed by atoms with Gasteiger partial charge in [0.1, 0.15) is 11.6 Å². The summed E-state index contributed by atoms with van der Waals surface area (Å²) in [6.45, 7) is 5.02. The zero-order chi connectivity index (χ0) is 14.5. The molecule has 1 aromatic heterocycles. The van der Waals surface area contributed by atoms with Gasteiger partial charge in [-0.15, -0.1) is 0 Å². The number of hydrogen-bond donors (Lipinski definition) is 1. The second-order valence-electron chi connectivity index (χ2n) is 4.95. The Kier molecular flexibility index (Phi) is 5.38. The van der Waals surface area contributed by atoms with Crippen molar-refractivity contribution in [3.05, 3.63) is 57.7 Å². The average Bonchev–Trinajstić information content (AvgIpc) is 2.85. The Morgan fingerprint density at radius 3 is 2.75 bits per heavy atom. The molecule has 2 nitrogen and oxygen atoms in total. The summed E-state index contributed by atoms with van der Waals surface area (Å²) in [5, 5.41) is 3.51. The third-order valence-corrected chi connectivity index (χ3v) is 3.83. The van der Waals surface area contributed by atoms with Crippen LogP contribution in [0.25, 0.3) is 0 Å². The zero-order valence-corrected chi connectivity index (χ0v) is 13.3. The molecule has 1 N–H and O–H groups in total. The number of halogens is 2. The monoisotopic (exact) mass is 339 g/mol. The van der Waals surface area contributed by atoms with Crippen molar-refractivity contribution in [2.24, 2.45) is 0 Å². The van der Waals surface area contributed by atoms with Crippen LogP contribution >= 0.6 is 15.9 Å². The molecule has 108 valence electrons.